The largest absolute Gasteiger partial charge is 0.308 e. The van der Waals surface area contributed by atoms with Crippen LogP contribution in [0.4, 0.5) is 5.82 Å². The Balaban J connectivity index is 2.73. The fourth-order valence-corrected chi connectivity index (χ4v) is 2.40. The van der Waals surface area contributed by atoms with Gasteiger partial charge in [0.05, 0.1) is 0 Å². The van der Waals surface area contributed by atoms with E-state index in [1.165, 1.54) is 6.42 Å². The van der Waals surface area contributed by atoms with E-state index in [0.717, 1.165) is 22.5 Å². The third-order valence-corrected chi connectivity index (χ3v) is 3.27. The van der Waals surface area contributed by atoms with Gasteiger partial charge in [0, 0.05) is 12.0 Å². The molecule has 0 atom stereocenters. The summed E-state index contributed by atoms with van der Waals surface area (Å²) in [6.45, 7) is 8.62. The van der Waals surface area contributed by atoms with Crippen LogP contribution in [0.5, 0.6) is 0 Å². The van der Waals surface area contributed by atoms with Crippen molar-refractivity contribution in [3.63, 3.8) is 0 Å². The molecular formula is C12H22N4S. The molecule has 4 nitrogen and oxygen atoms in total. The fourth-order valence-electron chi connectivity index (χ4n) is 1.25. The number of anilines is 1. The van der Waals surface area contributed by atoms with Crippen molar-refractivity contribution in [1.82, 2.24) is 9.97 Å². The maximum Gasteiger partial charge on any atom is 0.144 e. The predicted octanol–water partition coefficient (Wildman–Crippen LogP) is 3.02. The van der Waals surface area contributed by atoms with Gasteiger partial charge >= 0.3 is 0 Å². The number of aromatic nitrogens is 2. The van der Waals surface area contributed by atoms with E-state index < -0.39 is 0 Å². The van der Waals surface area contributed by atoms with Gasteiger partial charge in [0.15, 0.2) is 0 Å². The number of nitrogen functional groups attached to an aromatic ring is 1. The Morgan fingerprint density at radius 2 is 2.00 bits per heavy atom. The summed E-state index contributed by atoms with van der Waals surface area (Å²) >= 11 is 1.76. The van der Waals surface area contributed by atoms with Gasteiger partial charge in [-0.1, -0.05) is 27.7 Å². The molecule has 3 N–H and O–H groups in total. The van der Waals surface area contributed by atoms with Gasteiger partial charge in [-0.25, -0.2) is 15.8 Å². The summed E-state index contributed by atoms with van der Waals surface area (Å²) in [5.74, 6) is 9.06. The van der Waals surface area contributed by atoms with Crippen LogP contribution < -0.4 is 11.3 Å². The summed E-state index contributed by atoms with van der Waals surface area (Å²) < 4.78 is 0. The van der Waals surface area contributed by atoms with Gasteiger partial charge in [-0.2, -0.15) is 0 Å². The van der Waals surface area contributed by atoms with Crippen molar-refractivity contribution in [3.8, 4) is 0 Å². The summed E-state index contributed by atoms with van der Waals surface area (Å²) in [5, 5.41) is 0.998. The number of hydrazine groups is 1. The Hall–Kier alpha value is -0.810. The average molecular weight is 254 g/mol. The second-order valence-electron chi connectivity index (χ2n) is 4.78. The topological polar surface area (TPSA) is 63.8 Å². The van der Waals surface area contributed by atoms with Crippen LogP contribution in [-0.2, 0) is 0 Å². The molecule has 0 bridgehead atoms. The highest BCUT2D eigenvalue weighted by molar-refractivity contribution is 7.99. The molecule has 0 fully saturated rings. The summed E-state index contributed by atoms with van der Waals surface area (Å²) in [4.78, 5) is 8.87. The summed E-state index contributed by atoms with van der Waals surface area (Å²) in [7, 11) is 0. The molecule has 0 saturated carbocycles. The molecule has 0 radical (unpaired) electrons. The summed E-state index contributed by atoms with van der Waals surface area (Å²) in [5.41, 5.74) is 2.60. The first-order valence-electron chi connectivity index (χ1n) is 6.01. The van der Waals surface area contributed by atoms with E-state index in [9.17, 15) is 0 Å². The molecule has 0 spiro atoms. The zero-order chi connectivity index (χ0) is 12.8. The molecule has 17 heavy (non-hydrogen) atoms. The van der Waals surface area contributed by atoms with Crippen molar-refractivity contribution in [2.24, 2.45) is 11.8 Å². The highest BCUT2D eigenvalue weighted by Gasteiger charge is 2.08. The predicted molar refractivity (Wildman–Crippen MR) is 74.1 cm³/mol. The zero-order valence-electron chi connectivity index (χ0n) is 11.0. The quantitative estimate of drug-likeness (QED) is 0.353. The first kappa shape index (κ1) is 14.3. The van der Waals surface area contributed by atoms with Crippen LogP contribution in [0.3, 0.4) is 0 Å². The lowest BCUT2D eigenvalue weighted by Gasteiger charge is -2.10. The molecule has 0 aliphatic heterocycles. The van der Waals surface area contributed by atoms with Crippen LogP contribution in [0, 0.1) is 5.92 Å². The fraction of sp³-hybridized carbons (Fsp3) is 0.667. The summed E-state index contributed by atoms with van der Waals surface area (Å²) in [6, 6.07) is 1.90. The van der Waals surface area contributed by atoms with Gasteiger partial charge in [0.1, 0.15) is 16.7 Å². The standard InChI is InChI=1S/C12H22N4S/c1-8(2)5-6-17-11-7-10(16-13)14-12(15-11)9(3)4/h7-9H,5-6,13H2,1-4H3,(H,14,15,16). The van der Waals surface area contributed by atoms with Gasteiger partial charge in [0.25, 0.3) is 0 Å². The number of rotatable bonds is 6. The molecule has 0 amide bonds. The number of hydrogen-bond acceptors (Lipinski definition) is 5. The van der Waals surface area contributed by atoms with E-state index >= 15 is 0 Å². The molecule has 96 valence electrons. The number of nitrogens with one attached hydrogen (secondary N) is 1. The molecule has 1 aromatic heterocycles. The molecule has 1 rings (SSSR count). The van der Waals surface area contributed by atoms with E-state index in [1.54, 1.807) is 11.8 Å². The highest BCUT2D eigenvalue weighted by atomic mass is 32.2. The van der Waals surface area contributed by atoms with E-state index in [4.69, 9.17) is 5.84 Å². The maximum atomic E-state index is 5.42. The van der Waals surface area contributed by atoms with E-state index in [-0.39, 0.29) is 0 Å². The van der Waals surface area contributed by atoms with Crippen molar-refractivity contribution in [2.45, 2.75) is 45.1 Å². The molecule has 1 aromatic rings. The normalized spacial score (nSPS) is 11.2. The molecule has 0 unspecified atom stereocenters. The van der Waals surface area contributed by atoms with Gasteiger partial charge < -0.3 is 5.43 Å². The SMILES string of the molecule is CC(C)CCSc1cc(NN)nc(C(C)C)n1. The van der Waals surface area contributed by atoms with Crippen molar-refractivity contribution in [3.05, 3.63) is 11.9 Å². The lowest BCUT2D eigenvalue weighted by atomic mass is 10.2. The van der Waals surface area contributed by atoms with E-state index in [0.29, 0.717) is 11.7 Å². The number of hydrogen-bond donors (Lipinski definition) is 2. The molecule has 0 aliphatic carbocycles. The van der Waals surface area contributed by atoms with Gasteiger partial charge in [-0.3, -0.25) is 0 Å². The van der Waals surface area contributed by atoms with Crippen molar-refractivity contribution >= 4 is 17.6 Å². The molecule has 0 aromatic carbocycles. The smallest absolute Gasteiger partial charge is 0.144 e. The number of nitrogens with two attached hydrogens (primary N) is 1. The van der Waals surface area contributed by atoms with E-state index in [1.807, 2.05) is 6.07 Å². The van der Waals surface area contributed by atoms with Gasteiger partial charge in [0.2, 0.25) is 0 Å². The lowest BCUT2D eigenvalue weighted by Crippen LogP contribution is -2.11. The van der Waals surface area contributed by atoms with Crippen molar-refractivity contribution in [1.29, 1.82) is 0 Å². The van der Waals surface area contributed by atoms with Crippen molar-refractivity contribution < 1.29 is 0 Å². The zero-order valence-corrected chi connectivity index (χ0v) is 11.8. The molecule has 1 heterocycles. The Labute approximate surface area is 108 Å². The Kier molecular flexibility index (Phi) is 5.71. The third kappa shape index (κ3) is 4.91. The van der Waals surface area contributed by atoms with Gasteiger partial charge in [-0.15, -0.1) is 11.8 Å². The minimum Gasteiger partial charge on any atom is -0.308 e. The van der Waals surface area contributed by atoms with Crippen LogP contribution in [-0.4, -0.2) is 15.7 Å². The Morgan fingerprint density at radius 3 is 2.53 bits per heavy atom. The second-order valence-corrected chi connectivity index (χ2v) is 5.89. The lowest BCUT2D eigenvalue weighted by molar-refractivity contribution is 0.631. The van der Waals surface area contributed by atoms with Crippen molar-refractivity contribution in [2.75, 3.05) is 11.2 Å². The van der Waals surface area contributed by atoms with E-state index in [2.05, 4.69) is 43.1 Å². The first-order valence-corrected chi connectivity index (χ1v) is 7.00. The van der Waals surface area contributed by atoms with Crippen LogP contribution >= 0.6 is 11.8 Å². The highest BCUT2D eigenvalue weighted by Crippen LogP contribution is 2.22. The van der Waals surface area contributed by atoms with Crippen LogP contribution in [0.25, 0.3) is 0 Å². The third-order valence-electron chi connectivity index (χ3n) is 2.33. The molecular weight excluding hydrogens is 232 g/mol. The minimum absolute atomic E-state index is 0.313. The summed E-state index contributed by atoms with van der Waals surface area (Å²) in [6.07, 6.45) is 1.19. The second kappa shape index (κ2) is 6.81. The van der Waals surface area contributed by atoms with Crippen LogP contribution in [0.1, 0.15) is 45.9 Å². The van der Waals surface area contributed by atoms with Gasteiger partial charge in [-0.05, 0) is 18.1 Å². The Bertz CT molecular complexity index is 352. The monoisotopic (exact) mass is 254 g/mol. The molecule has 0 saturated heterocycles. The number of nitrogens with zero attached hydrogens (tertiary/aromatic N) is 2. The molecule has 0 aliphatic rings. The van der Waals surface area contributed by atoms with Crippen LogP contribution in [0.2, 0.25) is 0 Å². The molecule has 5 heteroatoms. The maximum absolute atomic E-state index is 5.42. The average Bonchev–Trinajstić information content (AvgIpc) is 2.28. The first-order chi connectivity index (χ1) is 8.02. The minimum atomic E-state index is 0.313. The van der Waals surface area contributed by atoms with Crippen LogP contribution in [0.15, 0.2) is 11.1 Å². The Morgan fingerprint density at radius 1 is 1.29 bits per heavy atom. The number of thioether (sulfide) groups is 1.